The maximum absolute atomic E-state index is 5.98. The molecule has 2 rings (SSSR count). The highest BCUT2D eigenvalue weighted by atomic mass is 35.5. The van der Waals surface area contributed by atoms with E-state index in [-0.39, 0.29) is 0 Å². The maximum Gasteiger partial charge on any atom is 0.105 e. The average molecular weight is 250 g/mol. The van der Waals surface area contributed by atoms with Gasteiger partial charge in [0.25, 0.3) is 0 Å². The molecule has 17 heavy (non-hydrogen) atoms. The van der Waals surface area contributed by atoms with Gasteiger partial charge in [0, 0.05) is 23.2 Å². The van der Waals surface area contributed by atoms with E-state index in [4.69, 9.17) is 16.0 Å². The van der Waals surface area contributed by atoms with Crippen molar-refractivity contribution < 1.29 is 4.42 Å². The lowest BCUT2D eigenvalue weighted by molar-refractivity contribution is 0.498. The molecule has 0 spiro atoms. The Bertz CT molecular complexity index is 479. The first-order chi connectivity index (χ1) is 8.15. The topological polar surface area (TPSA) is 25.2 Å². The van der Waals surface area contributed by atoms with Gasteiger partial charge in [0.05, 0.1) is 6.26 Å². The van der Waals surface area contributed by atoms with Gasteiger partial charge in [-0.3, -0.25) is 0 Å². The highest BCUT2D eigenvalue weighted by Crippen LogP contribution is 2.21. The molecule has 0 aliphatic carbocycles. The van der Waals surface area contributed by atoms with Crippen LogP contribution in [0.1, 0.15) is 18.2 Å². The lowest BCUT2D eigenvalue weighted by Crippen LogP contribution is -2.18. The molecule has 0 aliphatic rings. The first-order valence-electron chi connectivity index (χ1n) is 5.70. The van der Waals surface area contributed by atoms with E-state index in [1.807, 2.05) is 30.3 Å². The van der Waals surface area contributed by atoms with Gasteiger partial charge in [0.2, 0.25) is 0 Å². The van der Waals surface area contributed by atoms with Gasteiger partial charge in [-0.05, 0) is 43.7 Å². The summed E-state index contributed by atoms with van der Waals surface area (Å²) in [5.41, 5.74) is 2.28. The monoisotopic (exact) mass is 249 g/mol. The molecule has 0 aliphatic heterocycles. The van der Waals surface area contributed by atoms with Gasteiger partial charge in [0.15, 0.2) is 0 Å². The van der Waals surface area contributed by atoms with E-state index in [9.17, 15) is 0 Å². The van der Waals surface area contributed by atoms with E-state index in [0.717, 1.165) is 22.9 Å². The van der Waals surface area contributed by atoms with Gasteiger partial charge in [-0.25, -0.2) is 0 Å². The van der Waals surface area contributed by atoms with Crippen LogP contribution in [0.25, 0.3) is 0 Å². The Kier molecular flexibility index (Phi) is 3.75. The lowest BCUT2D eigenvalue weighted by atomic mass is 10.1. The van der Waals surface area contributed by atoms with Crippen LogP contribution in [0.15, 0.2) is 41.0 Å². The molecule has 0 fully saturated rings. The van der Waals surface area contributed by atoms with Gasteiger partial charge in [0.1, 0.15) is 5.76 Å². The molecule has 3 heteroatoms. The molecular formula is C14H16ClNO. The minimum atomic E-state index is 0.304. The van der Waals surface area contributed by atoms with Crippen molar-refractivity contribution >= 4 is 17.3 Å². The number of hydrogen-bond acceptors (Lipinski definition) is 2. The van der Waals surface area contributed by atoms with E-state index in [1.54, 1.807) is 6.26 Å². The molecule has 1 aromatic heterocycles. The van der Waals surface area contributed by atoms with Crippen LogP contribution in [0.5, 0.6) is 0 Å². The van der Waals surface area contributed by atoms with Crippen molar-refractivity contribution in [3.8, 4) is 0 Å². The van der Waals surface area contributed by atoms with Gasteiger partial charge < -0.3 is 9.73 Å². The van der Waals surface area contributed by atoms with E-state index < -0.39 is 0 Å². The third kappa shape index (κ3) is 3.27. The van der Waals surface area contributed by atoms with Gasteiger partial charge in [-0.15, -0.1) is 0 Å². The second-order valence-electron chi connectivity index (χ2n) is 4.29. The van der Waals surface area contributed by atoms with Crippen LogP contribution in [0.4, 0.5) is 5.69 Å². The Morgan fingerprint density at radius 1 is 1.35 bits per heavy atom. The zero-order chi connectivity index (χ0) is 12.3. The molecular weight excluding hydrogens is 234 g/mol. The Morgan fingerprint density at radius 2 is 2.18 bits per heavy atom. The quantitative estimate of drug-likeness (QED) is 0.875. The van der Waals surface area contributed by atoms with Gasteiger partial charge >= 0.3 is 0 Å². The number of aryl methyl sites for hydroxylation is 1. The highest BCUT2D eigenvalue weighted by Gasteiger charge is 2.07. The van der Waals surface area contributed by atoms with Crippen molar-refractivity contribution in [3.63, 3.8) is 0 Å². The highest BCUT2D eigenvalue weighted by molar-refractivity contribution is 6.30. The fraction of sp³-hybridized carbons (Fsp3) is 0.286. The summed E-state index contributed by atoms with van der Waals surface area (Å²) in [6, 6.07) is 10.1. The maximum atomic E-state index is 5.98. The summed E-state index contributed by atoms with van der Waals surface area (Å²) >= 11 is 5.98. The predicted molar refractivity (Wildman–Crippen MR) is 71.7 cm³/mol. The molecule has 0 saturated carbocycles. The van der Waals surface area contributed by atoms with Crippen molar-refractivity contribution in [1.82, 2.24) is 0 Å². The summed E-state index contributed by atoms with van der Waals surface area (Å²) in [5, 5.41) is 4.20. The third-order valence-electron chi connectivity index (χ3n) is 2.69. The van der Waals surface area contributed by atoms with Crippen LogP contribution in [0.2, 0.25) is 5.02 Å². The molecule has 1 N–H and O–H groups in total. The smallest absolute Gasteiger partial charge is 0.105 e. The van der Waals surface area contributed by atoms with Crippen LogP contribution < -0.4 is 5.32 Å². The fourth-order valence-electron chi connectivity index (χ4n) is 1.80. The number of benzene rings is 1. The molecule has 0 saturated heterocycles. The summed E-state index contributed by atoms with van der Waals surface area (Å²) in [6.45, 7) is 4.20. The van der Waals surface area contributed by atoms with Crippen molar-refractivity contribution in [1.29, 1.82) is 0 Å². The molecule has 1 aromatic carbocycles. The van der Waals surface area contributed by atoms with Gasteiger partial charge in [-0.1, -0.05) is 17.7 Å². The number of anilines is 1. The number of rotatable bonds is 4. The first kappa shape index (κ1) is 12.1. The Balaban J connectivity index is 2.02. The molecule has 2 nitrogen and oxygen atoms in total. The van der Waals surface area contributed by atoms with Crippen LogP contribution in [-0.4, -0.2) is 6.04 Å². The summed E-state index contributed by atoms with van der Waals surface area (Å²) < 4.78 is 5.33. The molecule has 1 unspecified atom stereocenters. The number of halogens is 1. The fourth-order valence-corrected chi connectivity index (χ4v) is 1.97. The van der Waals surface area contributed by atoms with Crippen molar-refractivity contribution in [3.05, 3.63) is 52.9 Å². The second kappa shape index (κ2) is 5.28. The molecule has 0 amide bonds. The Morgan fingerprint density at radius 3 is 2.88 bits per heavy atom. The predicted octanol–water partition coefficient (Wildman–Crippen LogP) is 4.28. The summed E-state index contributed by atoms with van der Waals surface area (Å²) in [7, 11) is 0. The molecule has 1 heterocycles. The normalized spacial score (nSPS) is 12.4. The molecule has 0 bridgehead atoms. The zero-order valence-corrected chi connectivity index (χ0v) is 10.8. The molecule has 0 radical (unpaired) electrons. The minimum absolute atomic E-state index is 0.304. The SMILES string of the molecule is Cc1ccc(Cl)cc1NC(C)Cc1ccco1. The first-order valence-corrected chi connectivity index (χ1v) is 6.08. The molecule has 90 valence electrons. The molecule has 2 aromatic rings. The lowest BCUT2D eigenvalue weighted by Gasteiger charge is -2.16. The zero-order valence-electron chi connectivity index (χ0n) is 10.0. The van der Waals surface area contributed by atoms with Crippen molar-refractivity contribution in [2.75, 3.05) is 5.32 Å². The average Bonchev–Trinajstić information content (AvgIpc) is 2.76. The second-order valence-corrected chi connectivity index (χ2v) is 4.72. The number of hydrogen-bond donors (Lipinski definition) is 1. The minimum Gasteiger partial charge on any atom is -0.469 e. The Labute approximate surface area is 107 Å². The Hall–Kier alpha value is -1.41. The van der Waals surface area contributed by atoms with E-state index >= 15 is 0 Å². The third-order valence-corrected chi connectivity index (χ3v) is 2.92. The number of furan rings is 1. The van der Waals surface area contributed by atoms with Crippen molar-refractivity contribution in [2.24, 2.45) is 0 Å². The number of nitrogens with one attached hydrogen (secondary N) is 1. The van der Waals surface area contributed by atoms with Gasteiger partial charge in [-0.2, -0.15) is 0 Å². The van der Waals surface area contributed by atoms with Crippen LogP contribution >= 0.6 is 11.6 Å². The van der Waals surface area contributed by atoms with E-state index in [0.29, 0.717) is 6.04 Å². The summed E-state index contributed by atoms with van der Waals surface area (Å²) in [5.74, 6) is 0.990. The van der Waals surface area contributed by atoms with Crippen LogP contribution in [-0.2, 0) is 6.42 Å². The van der Waals surface area contributed by atoms with Crippen LogP contribution in [0, 0.1) is 6.92 Å². The molecule has 1 atom stereocenters. The largest absolute Gasteiger partial charge is 0.469 e. The van der Waals surface area contributed by atoms with Crippen LogP contribution in [0.3, 0.4) is 0 Å². The van der Waals surface area contributed by atoms with Crippen molar-refractivity contribution in [2.45, 2.75) is 26.3 Å². The van der Waals surface area contributed by atoms with E-state index in [1.165, 1.54) is 5.56 Å². The standard InChI is InChI=1S/C14H16ClNO/c1-10-5-6-12(15)9-14(10)16-11(2)8-13-4-3-7-17-13/h3-7,9,11,16H,8H2,1-2H3. The summed E-state index contributed by atoms with van der Waals surface area (Å²) in [4.78, 5) is 0. The van der Waals surface area contributed by atoms with E-state index in [2.05, 4.69) is 19.2 Å². The summed E-state index contributed by atoms with van der Waals surface area (Å²) in [6.07, 6.45) is 2.56.